The van der Waals surface area contributed by atoms with E-state index in [1.165, 1.54) is 12.0 Å². The lowest BCUT2D eigenvalue weighted by Gasteiger charge is -1.94. The summed E-state index contributed by atoms with van der Waals surface area (Å²) < 4.78 is 4.74. The molecule has 48 valence electrons. The van der Waals surface area contributed by atoms with Crippen LogP contribution in [0, 0.1) is 0 Å². The second kappa shape index (κ2) is 5.59. The van der Waals surface area contributed by atoms with Crippen LogP contribution in [0.1, 0.15) is 0 Å². The number of hydrogen-bond acceptors (Lipinski definition) is 3. The molecule has 2 nitrogen and oxygen atoms in total. The van der Waals surface area contributed by atoms with Crippen LogP contribution >= 0.6 is 28.0 Å². The number of alkyl halides is 1. The van der Waals surface area contributed by atoms with Gasteiger partial charge in [0.2, 0.25) is 0 Å². The monoisotopic (exact) mass is 197 g/mol. The van der Waals surface area contributed by atoms with Gasteiger partial charge in [-0.05, 0) is 0 Å². The molecule has 0 radical (unpaired) electrons. The minimum atomic E-state index is 0.766. The highest BCUT2D eigenvalue weighted by Gasteiger charge is 1.92. The highest BCUT2D eigenvalue weighted by molar-refractivity contribution is 9.09. The van der Waals surface area contributed by atoms with E-state index in [0.717, 1.165) is 10.4 Å². The molecule has 0 heterocycles. The van der Waals surface area contributed by atoms with Crippen molar-refractivity contribution in [1.29, 1.82) is 0 Å². The molecular weight excluding hydrogens is 190 g/mol. The normalized spacial score (nSPS) is 12.1. The van der Waals surface area contributed by atoms with Crippen LogP contribution in [-0.2, 0) is 4.18 Å². The molecule has 0 aromatic carbocycles. The summed E-state index contributed by atoms with van der Waals surface area (Å²) in [7, 11) is 3.36. The van der Waals surface area contributed by atoms with E-state index in [9.17, 15) is 0 Å². The Morgan fingerprint density at radius 1 is 1.88 bits per heavy atom. The van der Waals surface area contributed by atoms with E-state index < -0.39 is 0 Å². The minimum Gasteiger partial charge on any atom is -0.313 e. The van der Waals surface area contributed by atoms with E-state index in [1.807, 2.05) is 0 Å². The number of hydrogen-bond donors (Lipinski definition) is 0. The predicted octanol–water partition coefficient (Wildman–Crippen LogP) is 1.70. The Kier molecular flexibility index (Phi) is 5.92. The molecule has 0 bridgehead atoms. The SMILES string of the molecule is CN=C(CBr)SOC. The van der Waals surface area contributed by atoms with Gasteiger partial charge in [-0.1, -0.05) is 15.9 Å². The molecule has 0 aliphatic carbocycles. The Morgan fingerprint density at radius 3 is 2.62 bits per heavy atom. The highest BCUT2D eigenvalue weighted by atomic mass is 79.9. The summed E-state index contributed by atoms with van der Waals surface area (Å²) in [5, 5.41) is 1.72. The Balaban J connectivity index is 3.38. The van der Waals surface area contributed by atoms with Crippen molar-refractivity contribution in [3.63, 3.8) is 0 Å². The highest BCUT2D eigenvalue weighted by Crippen LogP contribution is 2.05. The Labute approximate surface area is 62.0 Å². The second-order valence-corrected chi connectivity index (χ2v) is 2.53. The number of halogens is 1. The van der Waals surface area contributed by atoms with Crippen molar-refractivity contribution >= 4 is 33.0 Å². The zero-order valence-electron chi connectivity index (χ0n) is 4.85. The van der Waals surface area contributed by atoms with Crippen molar-refractivity contribution in [2.24, 2.45) is 4.99 Å². The van der Waals surface area contributed by atoms with Gasteiger partial charge in [-0.2, -0.15) is 0 Å². The van der Waals surface area contributed by atoms with Crippen molar-refractivity contribution in [1.82, 2.24) is 0 Å². The van der Waals surface area contributed by atoms with Gasteiger partial charge < -0.3 is 4.18 Å². The van der Waals surface area contributed by atoms with Gasteiger partial charge in [-0.25, -0.2) is 0 Å². The molecule has 0 aliphatic rings. The summed E-state index contributed by atoms with van der Waals surface area (Å²) in [4.78, 5) is 3.90. The van der Waals surface area contributed by atoms with Crippen LogP contribution in [0.2, 0.25) is 0 Å². The predicted molar refractivity (Wildman–Crippen MR) is 41.8 cm³/mol. The zero-order valence-corrected chi connectivity index (χ0v) is 7.25. The van der Waals surface area contributed by atoms with Crippen molar-refractivity contribution in [2.45, 2.75) is 0 Å². The first kappa shape index (κ1) is 8.46. The second-order valence-electron chi connectivity index (χ2n) is 1.00. The van der Waals surface area contributed by atoms with Crippen LogP contribution in [0.15, 0.2) is 4.99 Å². The first-order valence-corrected chi connectivity index (χ1v) is 3.93. The maximum Gasteiger partial charge on any atom is 0.105 e. The van der Waals surface area contributed by atoms with Crippen LogP contribution in [0.4, 0.5) is 0 Å². The largest absolute Gasteiger partial charge is 0.313 e. The summed E-state index contributed by atoms with van der Waals surface area (Å²) in [5.74, 6) is 0. The standard InChI is InChI=1S/C4H8BrNOS/c1-6-4(3-5)8-7-2/h3H2,1-2H3. The van der Waals surface area contributed by atoms with Crippen molar-refractivity contribution in [3.8, 4) is 0 Å². The molecule has 0 unspecified atom stereocenters. The van der Waals surface area contributed by atoms with Crippen LogP contribution in [0.5, 0.6) is 0 Å². The summed E-state index contributed by atoms with van der Waals surface area (Å²) in [6, 6.07) is 0. The number of aliphatic imine (C=N–C) groups is 1. The third-order valence-electron chi connectivity index (χ3n) is 0.543. The maximum atomic E-state index is 4.74. The fraction of sp³-hybridized carbons (Fsp3) is 0.750. The Morgan fingerprint density at radius 2 is 2.50 bits per heavy atom. The molecule has 0 aromatic rings. The molecule has 0 fully saturated rings. The molecule has 0 aromatic heterocycles. The molecule has 8 heavy (non-hydrogen) atoms. The fourth-order valence-corrected chi connectivity index (χ4v) is 1.06. The topological polar surface area (TPSA) is 21.6 Å². The average molecular weight is 198 g/mol. The van der Waals surface area contributed by atoms with Gasteiger partial charge in [0, 0.05) is 19.1 Å². The lowest BCUT2D eigenvalue weighted by molar-refractivity contribution is 0.496. The lowest BCUT2D eigenvalue weighted by Crippen LogP contribution is -1.91. The smallest absolute Gasteiger partial charge is 0.105 e. The quantitative estimate of drug-likeness (QED) is 0.291. The van der Waals surface area contributed by atoms with Crippen LogP contribution in [-0.4, -0.2) is 24.5 Å². The van der Waals surface area contributed by atoms with Gasteiger partial charge in [0.15, 0.2) is 0 Å². The van der Waals surface area contributed by atoms with Crippen molar-refractivity contribution < 1.29 is 4.18 Å². The fourth-order valence-electron chi connectivity index (χ4n) is 0.215. The Bertz CT molecular complexity index is 86.1. The molecular formula is C4H8BrNOS. The van der Waals surface area contributed by atoms with Gasteiger partial charge in [0.05, 0.1) is 12.4 Å². The van der Waals surface area contributed by atoms with Gasteiger partial charge >= 0.3 is 0 Å². The third-order valence-corrected chi connectivity index (χ3v) is 2.13. The molecule has 0 atom stereocenters. The average Bonchev–Trinajstić information content (AvgIpc) is 1.83. The molecule has 0 N–H and O–H groups in total. The maximum absolute atomic E-state index is 4.74. The molecule has 0 aliphatic heterocycles. The first-order chi connectivity index (χ1) is 3.85. The van der Waals surface area contributed by atoms with Gasteiger partial charge in [-0.3, -0.25) is 4.99 Å². The summed E-state index contributed by atoms with van der Waals surface area (Å²) in [5.41, 5.74) is 0. The van der Waals surface area contributed by atoms with Gasteiger partial charge in [0.25, 0.3) is 0 Å². The van der Waals surface area contributed by atoms with Crippen LogP contribution in [0.3, 0.4) is 0 Å². The molecule has 0 saturated carbocycles. The van der Waals surface area contributed by atoms with Crippen molar-refractivity contribution in [3.05, 3.63) is 0 Å². The Hall–Kier alpha value is 0.460. The molecule has 4 heteroatoms. The van der Waals surface area contributed by atoms with E-state index in [-0.39, 0.29) is 0 Å². The number of rotatable bonds is 2. The first-order valence-electron chi connectivity index (χ1n) is 2.07. The minimum absolute atomic E-state index is 0.766. The summed E-state index contributed by atoms with van der Waals surface area (Å²) >= 11 is 4.52. The number of nitrogens with zero attached hydrogens (tertiary/aromatic N) is 1. The van der Waals surface area contributed by atoms with Gasteiger partial charge in [-0.15, -0.1) is 0 Å². The van der Waals surface area contributed by atoms with E-state index in [2.05, 4.69) is 20.9 Å². The van der Waals surface area contributed by atoms with E-state index >= 15 is 0 Å². The van der Waals surface area contributed by atoms with E-state index in [0.29, 0.717) is 0 Å². The van der Waals surface area contributed by atoms with Crippen LogP contribution in [0.25, 0.3) is 0 Å². The van der Waals surface area contributed by atoms with E-state index in [1.54, 1.807) is 14.2 Å². The molecule has 0 spiro atoms. The third kappa shape index (κ3) is 3.46. The summed E-state index contributed by atoms with van der Waals surface area (Å²) in [6.07, 6.45) is 0. The lowest BCUT2D eigenvalue weighted by atomic mass is 10.9. The van der Waals surface area contributed by atoms with Crippen molar-refractivity contribution in [2.75, 3.05) is 19.5 Å². The molecule has 0 amide bonds. The van der Waals surface area contributed by atoms with Gasteiger partial charge in [0.1, 0.15) is 5.04 Å². The molecule has 0 rings (SSSR count). The van der Waals surface area contributed by atoms with E-state index in [4.69, 9.17) is 4.18 Å². The summed E-state index contributed by atoms with van der Waals surface area (Å²) in [6.45, 7) is 0. The zero-order chi connectivity index (χ0) is 6.41. The molecule has 0 saturated heterocycles. The van der Waals surface area contributed by atoms with Crippen LogP contribution < -0.4 is 0 Å².